The van der Waals surface area contributed by atoms with E-state index >= 15 is 0 Å². The average molecular weight is 379 g/mol. The molecular weight excluding hydrogens is 358 g/mol. The second-order valence-electron chi connectivity index (χ2n) is 6.03. The normalized spacial score (nSPS) is 10.6. The van der Waals surface area contributed by atoms with Crippen LogP contribution in [-0.2, 0) is 11.3 Å². The van der Waals surface area contributed by atoms with Gasteiger partial charge in [0.25, 0.3) is 0 Å². The van der Waals surface area contributed by atoms with Gasteiger partial charge in [-0.25, -0.2) is 0 Å². The molecule has 3 aromatic rings. The summed E-state index contributed by atoms with van der Waals surface area (Å²) in [6, 6.07) is 9.63. The fraction of sp³-hybridized carbons (Fsp3) is 0.200. The fourth-order valence-corrected chi connectivity index (χ4v) is 3.35. The number of carbonyl (C=O) groups excluding carboxylic acids is 1. The van der Waals surface area contributed by atoms with Crippen LogP contribution in [0.3, 0.4) is 0 Å². The number of benzene rings is 1. The Kier molecular flexibility index (Phi) is 6.03. The van der Waals surface area contributed by atoms with Gasteiger partial charge in [0.2, 0.25) is 5.91 Å². The first-order valence-electron chi connectivity index (χ1n) is 8.53. The molecule has 0 saturated carbocycles. The Bertz CT molecular complexity index is 952. The molecule has 0 unspecified atom stereocenters. The van der Waals surface area contributed by atoms with E-state index in [9.17, 15) is 4.79 Å². The van der Waals surface area contributed by atoms with Crippen LogP contribution in [0, 0.1) is 13.8 Å². The van der Waals surface area contributed by atoms with Crippen LogP contribution in [-0.4, -0.2) is 31.4 Å². The molecule has 0 atom stereocenters. The van der Waals surface area contributed by atoms with Crippen molar-refractivity contribution in [3.05, 3.63) is 66.5 Å². The molecule has 0 saturated heterocycles. The van der Waals surface area contributed by atoms with Gasteiger partial charge in [-0.1, -0.05) is 30.0 Å². The Balaban J connectivity index is 1.72. The van der Waals surface area contributed by atoms with E-state index in [2.05, 4.69) is 27.1 Å². The number of aromatic nitrogens is 4. The highest BCUT2D eigenvalue weighted by atomic mass is 32.2. The van der Waals surface area contributed by atoms with Gasteiger partial charge >= 0.3 is 0 Å². The number of anilines is 1. The minimum atomic E-state index is -0.0766. The van der Waals surface area contributed by atoms with E-state index in [0.717, 1.165) is 28.2 Å². The smallest absolute Gasteiger partial charge is 0.234 e. The Morgan fingerprint density at radius 3 is 2.74 bits per heavy atom. The van der Waals surface area contributed by atoms with E-state index in [4.69, 9.17) is 0 Å². The average Bonchev–Trinajstić information content (AvgIpc) is 3.07. The lowest BCUT2D eigenvalue weighted by Gasteiger charge is -2.10. The van der Waals surface area contributed by atoms with E-state index in [1.54, 1.807) is 18.5 Å². The number of carbonyl (C=O) groups is 1. The van der Waals surface area contributed by atoms with Crippen LogP contribution < -0.4 is 5.32 Å². The van der Waals surface area contributed by atoms with Crippen molar-refractivity contribution in [3.63, 3.8) is 0 Å². The third-order valence-corrected chi connectivity index (χ3v) is 5.14. The molecular formula is C20H21N5OS. The van der Waals surface area contributed by atoms with Crippen LogP contribution in [0.4, 0.5) is 5.69 Å². The summed E-state index contributed by atoms with van der Waals surface area (Å²) in [5, 5.41) is 12.2. The maximum Gasteiger partial charge on any atom is 0.234 e. The van der Waals surface area contributed by atoms with Crippen LogP contribution in [0.15, 0.2) is 60.5 Å². The SMILES string of the molecule is C=CCn1c(SCC(=O)Nc2cccc(C)c2C)nnc1-c1ccncc1. The molecule has 6 nitrogen and oxygen atoms in total. The third-order valence-electron chi connectivity index (χ3n) is 4.18. The molecule has 27 heavy (non-hydrogen) atoms. The minimum absolute atomic E-state index is 0.0766. The van der Waals surface area contributed by atoms with Gasteiger partial charge in [0, 0.05) is 30.2 Å². The number of amides is 1. The molecule has 0 aliphatic heterocycles. The number of aryl methyl sites for hydroxylation is 1. The Morgan fingerprint density at radius 2 is 2.00 bits per heavy atom. The predicted octanol–water partition coefficient (Wildman–Crippen LogP) is 3.87. The van der Waals surface area contributed by atoms with Crippen LogP contribution >= 0.6 is 11.8 Å². The first-order valence-corrected chi connectivity index (χ1v) is 9.52. The summed E-state index contributed by atoms with van der Waals surface area (Å²) in [6.07, 6.45) is 5.22. The summed E-state index contributed by atoms with van der Waals surface area (Å²) in [6.45, 7) is 8.39. The number of thioether (sulfide) groups is 1. The second kappa shape index (κ2) is 8.64. The summed E-state index contributed by atoms with van der Waals surface area (Å²) >= 11 is 1.35. The molecule has 0 bridgehead atoms. The molecule has 138 valence electrons. The summed E-state index contributed by atoms with van der Waals surface area (Å²) in [4.78, 5) is 16.4. The van der Waals surface area contributed by atoms with Crippen molar-refractivity contribution in [2.45, 2.75) is 25.5 Å². The van der Waals surface area contributed by atoms with E-state index in [0.29, 0.717) is 11.7 Å². The van der Waals surface area contributed by atoms with Gasteiger partial charge in [-0.3, -0.25) is 14.3 Å². The zero-order valence-corrected chi connectivity index (χ0v) is 16.2. The van der Waals surface area contributed by atoms with Gasteiger partial charge in [0.1, 0.15) is 0 Å². The van der Waals surface area contributed by atoms with Crippen molar-refractivity contribution < 1.29 is 4.79 Å². The second-order valence-corrected chi connectivity index (χ2v) is 6.97. The highest BCUT2D eigenvalue weighted by Gasteiger charge is 2.15. The summed E-state index contributed by atoms with van der Waals surface area (Å²) in [5.41, 5.74) is 3.98. The largest absolute Gasteiger partial charge is 0.325 e. The molecule has 0 aliphatic rings. The molecule has 7 heteroatoms. The van der Waals surface area contributed by atoms with Crippen molar-refractivity contribution in [2.24, 2.45) is 0 Å². The quantitative estimate of drug-likeness (QED) is 0.498. The summed E-state index contributed by atoms with van der Waals surface area (Å²) < 4.78 is 1.94. The lowest BCUT2D eigenvalue weighted by Crippen LogP contribution is -2.15. The first kappa shape index (κ1) is 18.8. The predicted molar refractivity (Wildman–Crippen MR) is 109 cm³/mol. The van der Waals surface area contributed by atoms with Crippen LogP contribution in [0.1, 0.15) is 11.1 Å². The van der Waals surface area contributed by atoms with Crippen LogP contribution in [0.2, 0.25) is 0 Å². The van der Waals surface area contributed by atoms with Gasteiger partial charge in [0.05, 0.1) is 5.75 Å². The van der Waals surface area contributed by atoms with Crippen LogP contribution in [0.25, 0.3) is 11.4 Å². The van der Waals surface area contributed by atoms with Crippen molar-refractivity contribution in [2.75, 3.05) is 11.1 Å². The molecule has 0 fully saturated rings. The van der Waals surface area contributed by atoms with Gasteiger partial charge in [0.15, 0.2) is 11.0 Å². The Hall–Kier alpha value is -2.93. The standard InChI is InChI=1S/C20H21N5OS/c1-4-12-25-19(16-8-10-21-11-9-16)23-24-20(25)27-13-18(26)22-17-7-5-6-14(2)15(17)3/h4-11H,1,12-13H2,2-3H3,(H,22,26). The van der Waals surface area contributed by atoms with Gasteiger partial charge < -0.3 is 5.32 Å². The van der Waals surface area contributed by atoms with Gasteiger partial charge in [-0.05, 0) is 43.2 Å². The molecule has 0 spiro atoms. The van der Waals surface area contributed by atoms with E-state index in [-0.39, 0.29) is 11.7 Å². The lowest BCUT2D eigenvalue weighted by molar-refractivity contribution is -0.113. The molecule has 2 heterocycles. The number of allylic oxidation sites excluding steroid dienone is 1. The summed E-state index contributed by atoms with van der Waals surface area (Å²) in [5.74, 6) is 0.904. The van der Waals surface area contributed by atoms with Crippen LogP contribution in [0.5, 0.6) is 0 Å². The number of nitrogens with zero attached hydrogens (tertiary/aromatic N) is 4. The third kappa shape index (κ3) is 4.43. The number of rotatable bonds is 7. The molecule has 1 aromatic carbocycles. The Labute approximate surface area is 162 Å². The van der Waals surface area contributed by atoms with E-state index in [1.807, 2.05) is 48.7 Å². The maximum absolute atomic E-state index is 12.4. The van der Waals surface area contributed by atoms with Gasteiger partial charge in [-0.15, -0.1) is 16.8 Å². The van der Waals surface area contributed by atoms with E-state index < -0.39 is 0 Å². The maximum atomic E-state index is 12.4. The fourth-order valence-electron chi connectivity index (χ4n) is 2.61. The molecule has 1 amide bonds. The Morgan fingerprint density at radius 1 is 1.22 bits per heavy atom. The first-order chi connectivity index (χ1) is 13.1. The number of nitrogens with one attached hydrogen (secondary N) is 1. The van der Waals surface area contributed by atoms with Gasteiger partial charge in [-0.2, -0.15) is 0 Å². The number of hydrogen-bond donors (Lipinski definition) is 1. The van der Waals surface area contributed by atoms with Crippen molar-refractivity contribution in [3.8, 4) is 11.4 Å². The van der Waals surface area contributed by atoms with Crippen molar-refractivity contribution in [1.29, 1.82) is 0 Å². The minimum Gasteiger partial charge on any atom is -0.325 e. The number of hydrogen-bond acceptors (Lipinski definition) is 5. The monoisotopic (exact) mass is 379 g/mol. The molecule has 0 aliphatic carbocycles. The van der Waals surface area contributed by atoms with Crippen molar-refractivity contribution >= 4 is 23.4 Å². The molecule has 2 aromatic heterocycles. The summed E-state index contributed by atoms with van der Waals surface area (Å²) in [7, 11) is 0. The zero-order valence-electron chi connectivity index (χ0n) is 15.3. The number of pyridine rings is 1. The molecule has 0 radical (unpaired) electrons. The zero-order chi connectivity index (χ0) is 19.2. The highest BCUT2D eigenvalue weighted by Crippen LogP contribution is 2.24. The highest BCUT2D eigenvalue weighted by molar-refractivity contribution is 7.99. The molecule has 3 rings (SSSR count). The molecule has 1 N–H and O–H groups in total. The topological polar surface area (TPSA) is 72.7 Å². The van der Waals surface area contributed by atoms with Crippen molar-refractivity contribution in [1.82, 2.24) is 19.7 Å². The van der Waals surface area contributed by atoms with E-state index in [1.165, 1.54) is 11.8 Å². The lowest BCUT2D eigenvalue weighted by atomic mass is 10.1.